The maximum absolute atomic E-state index is 12.0. The lowest BCUT2D eigenvalue weighted by Crippen LogP contribution is -2.20. The number of benzene rings is 1. The highest BCUT2D eigenvalue weighted by Crippen LogP contribution is 2.15. The predicted octanol–water partition coefficient (Wildman–Crippen LogP) is 3.82. The number of rotatable bonds is 9. The van der Waals surface area contributed by atoms with Crippen molar-refractivity contribution < 1.29 is 19.1 Å². The molecule has 1 N–H and O–H groups in total. The molecule has 7 heteroatoms. The Labute approximate surface area is 151 Å². The lowest BCUT2D eigenvalue weighted by molar-refractivity contribution is -0.119. The first kappa shape index (κ1) is 18.9. The van der Waals surface area contributed by atoms with Crippen molar-refractivity contribution >= 4 is 28.3 Å². The molecule has 0 fully saturated rings. The van der Waals surface area contributed by atoms with Crippen LogP contribution in [0, 0.1) is 6.92 Å². The fourth-order valence-corrected chi connectivity index (χ4v) is 2.71. The predicted molar refractivity (Wildman–Crippen MR) is 97.2 cm³/mol. The smallest absolute Gasteiger partial charge is 0.338 e. The lowest BCUT2D eigenvalue weighted by Gasteiger charge is -2.07. The Balaban J connectivity index is 1.75. The molecule has 1 aromatic carbocycles. The molecule has 0 radical (unpaired) electrons. The van der Waals surface area contributed by atoms with Gasteiger partial charge in [-0.05, 0) is 37.6 Å². The number of carbonyl (C=O) groups excluding carboxylic acids is 2. The molecule has 134 valence electrons. The van der Waals surface area contributed by atoms with Gasteiger partial charge in [0.05, 0.1) is 17.9 Å². The lowest BCUT2D eigenvalue weighted by atomic mass is 10.2. The highest BCUT2D eigenvalue weighted by Gasteiger charge is 2.11. The summed E-state index contributed by atoms with van der Waals surface area (Å²) in [5.41, 5.74) is 1.20. The van der Waals surface area contributed by atoms with Gasteiger partial charge in [-0.25, -0.2) is 9.78 Å². The molecule has 0 aliphatic heterocycles. The monoisotopic (exact) mass is 362 g/mol. The average Bonchev–Trinajstić information content (AvgIpc) is 3.02. The maximum atomic E-state index is 12.0. The maximum Gasteiger partial charge on any atom is 0.338 e. The van der Waals surface area contributed by atoms with Gasteiger partial charge >= 0.3 is 5.97 Å². The summed E-state index contributed by atoms with van der Waals surface area (Å²) in [5, 5.41) is 4.90. The third kappa shape index (κ3) is 6.54. The fraction of sp³-hybridized carbons (Fsp3) is 0.389. The van der Waals surface area contributed by atoms with Gasteiger partial charge in [-0.15, -0.1) is 11.3 Å². The Morgan fingerprint density at radius 3 is 2.60 bits per heavy atom. The second-order valence-corrected chi connectivity index (χ2v) is 6.36. The highest BCUT2D eigenvalue weighted by molar-refractivity contribution is 7.13. The van der Waals surface area contributed by atoms with E-state index in [1.54, 1.807) is 24.3 Å². The Morgan fingerprint density at radius 2 is 1.96 bits per heavy atom. The van der Waals surface area contributed by atoms with Gasteiger partial charge in [0.15, 0.2) is 11.7 Å². The van der Waals surface area contributed by atoms with Crippen LogP contribution in [0.25, 0.3) is 0 Å². The van der Waals surface area contributed by atoms with Crippen molar-refractivity contribution in [1.82, 2.24) is 4.98 Å². The number of carbonyl (C=O) groups is 2. The van der Waals surface area contributed by atoms with E-state index in [0.29, 0.717) is 23.1 Å². The molecular weight excluding hydrogens is 340 g/mol. The molecule has 1 heterocycles. The van der Waals surface area contributed by atoms with Gasteiger partial charge in [-0.1, -0.05) is 19.8 Å². The van der Waals surface area contributed by atoms with E-state index >= 15 is 0 Å². The van der Waals surface area contributed by atoms with E-state index in [1.807, 2.05) is 12.3 Å². The molecule has 0 unspecified atom stereocenters. The topological polar surface area (TPSA) is 77.5 Å². The zero-order valence-electron chi connectivity index (χ0n) is 14.4. The summed E-state index contributed by atoms with van der Waals surface area (Å²) >= 11 is 1.32. The number of thiazole rings is 1. The number of aromatic nitrogens is 1. The van der Waals surface area contributed by atoms with E-state index in [1.165, 1.54) is 11.3 Å². The van der Waals surface area contributed by atoms with Crippen LogP contribution in [0.15, 0.2) is 29.6 Å². The molecule has 25 heavy (non-hydrogen) atoms. The second-order valence-electron chi connectivity index (χ2n) is 5.50. The van der Waals surface area contributed by atoms with Crippen LogP contribution in [0.3, 0.4) is 0 Å². The van der Waals surface area contributed by atoms with Crippen molar-refractivity contribution in [2.45, 2.75) is 33.1 Å². The first-order valence-corrected chi connectivity index (χ1v) is 9.08. The van der Waals surface area contributed by atoms with E-state index < -0.39 is 11.9 Å². The second kappa shape index (κ2) is 9.78. The molecular formula is C18H22N2O4S. The van der Waals surface area contributed by atoms with Crippen LogP contribution in [0.5, 0.6) is 5.75 Å². The highest BCUT2D eigenvalue weighted by atomic mass is 32.1. The minimum atomic E-state index is -0.553. The van der Waals surface area contributed by atoms with E-state index in [4.69, 9.17) is 9.47 Å². The molecule has 1 amide bonds. The summed E-state index contributed by atoms with van der Waals surface area (Å²) < 4.78 is 10.6. The summed E-state index contributed by atoms with van der Waals surface area (Å²) in [5.74, 6) is -0.258. The Kier molecular flexibility index (Phi) is 7.40. The van der Waals surface area contributed by atoms with Crippen LogP contribution in [0.4, 0.5) is 5.13 Å². The van der Waals surface area contributed by atoms with Crippen molar-refractivity contribution in [2.24, 2.45) is 0 Å². The number of unbranched alkanes of at least 4 members (excludes halogenated alkanes) is 2. The molecule has 0 atom stereocenters. The summed E-state index contributed by atoms with van der Waals surface area (Å²) in [6.07, 6.45) is 3.28. The van der Waals surface area contributed by atoms with Gasteiger partial charge in [-0.2, -0.15) is 0 Å². The molecule has 0 bridgehead atoms. The van der Waals surface area contributed by atoms with Crippen molar-refractivity contribution in [2.75, 3.05) is 18.5 Å². The molecule has 0 saturated carbocycles. The van der Waals surface area contributed by atoms with Crippen molar-refractivity contribution in [3.8, 4) is 5.75 Å². The first-order chi connectivity index (χ1) is 12.1. The number of hydrogen-bond acceptors (Lipinski definition) is 6. The van der Waals surface area contributed by atoms with Crippen LogP contribution in [0.2, 0.25) is 0 Å². The summed E-state index contributed by atoms with van der Waals surface area (Å²) in [4.78, 5) is 27.8. The normalized spacial score (nSPS) is 10.3. The van der Waals surface area contributed by atoms with Gasteiger partial charge < -0.3 is 9.47 Å². The van der Waals surface area contributed by atoms with Crippen LogP contribution in [0.1, 0.15) is 42.2 Å². The van der Waals surface area contributed by atoms with E-state index in [9.17, 15) is 9.59 Å². The van der Waals surface area contributed by atoms with E-state index in [-0.39, 0.29) is 6.61 Å². The van der Waals surface area contributed by atoms with Crippen LogP contribution in [-0.4, -0.2) is 30.1 Å². The number of esters is 1. The third-order valence-corrected chi connectivity index (χ3v) is 4.18. The largest absolute Gasteiger partial charge is 0.494 e. The zero-order chi connectivity index (χ0) is 18.1. The molecule has 0 spiro atoms. The summed E-state index contributed by atoms with van der Waals surface area (Å²) in [6, 6.07) is 6.70. The summed E-state index contributed by atoms with van der Waals surface area (Å²) in [7, 11) is 0. The minimum absolute atomic E-state index is 0.354. The quantitative estimate of drug-likeness (QED) is 0.542. The third-order valence-electron chi connectivity index (χ3n) is 3.31. The van der Waals surface area contributed by atoms with Crippen LogP contribution < -0.4 is 10.1 Å². The van der Waals surface area contributed by atoms with Gasteiger partial charge in [0.25, 0.3) is 5.91 Å². The molecule has 6 nitrogen and oxygen atoms in total. The average molecular weight is 362 g/mol. The number of anilines is 1. The van der Waals surface area contributed by atoms with Gasteiger partial charge in [0, 0.05) is 5.38 Å². The molecule has 0 aliphatic rings. The van der Waals surface area contributed by atoms with Gasteiger partial charge in [0.2, 0.25) is 0 Å². The van der Waals surface area contributed by atoms with E-state index in [0.717, 1.165) is 25.0 Å². The standard InChI is InChI=1S/C18H22N2O4S/c1-3-4-5-10-23-15-8-6-14(7-9-15)17(22)24-11-16(21)20-18-19-13(2)12-25-18/h6-9,12H,3-5,10-11H2,1-2H3,(H,19,20,21). The number of hydrogen-bond donors (Lipinski definition) is 1. The SMILES string of the molecule is CCCCCOc1ccc(C(=O)OCC(=O)Nc2nc(C)cs2)cc1. The van der Waals surface area contributed by atoms with Crippen LogP contribution >= 0.6 is 11.3 Å². The Morgan fingerprint density at radius 1 is 1.20 bits per heavy atom. The molecule has 0 saturated heterocycles. The van der Waals surface area contributed by atoms with Crippen molar-refractivity contribution in [3.05, 3.63) is 40.9 Å². The van der Waals surface area contributed by atoms with Crippen LogP contribution in [-0.2, 0) is 9.53 Å². The Bertz CT molecular complexity index is 697. The molecule has 0 aliphatic carbocycles. The van der Waals surface area contributed by atoms with Crippen molar-refractivity contribution in [3.63, 3.8) is 0 Å². The summed E-state index contributed by atoms with van der Waals surface area (Å²) in [6.45, 7) is 4.28. The molecule has 1 aromatic heterocycles. The van der Waals surface area contributed by atoms with Crippen molar-refractivity contribution in [1.29, 1.82) is 0 Å². The van der Waals surface area contributed by atoms with E-state index in [2.05, 4.69) is 17.2 Å². The molecule has 2 aromatic rings. The number of nitrogens with zero attached hydrogens (tertiary/aromatic N) is 1. The first-order valence-electron chi connectivity index (χ1n) is 8.20. The van der Waals surface area contributed by atoms with Gasteiger partial charge in [-0.3, -0.25) is 10.1 Å². The fourth-order valence-electron chi connectivity index (χ4n) is 2.01. The molecule has 2 rings (SSSR count). The zero-order valence-corrected chi connectivity index (χ0v) is 15.2. The number of aryl methyl sites for hydroxylation is 1. The number of ether oxygens (including phenoxy) is 2. The number of amides is 1. The minimum Gasteiger partial charge on any atom is -0.494 e. The van der Waals surface area contributed by atoms with Gasteiger partial charge in [0.1, 0.15) is 5.75 Å². The Hall–Kier alpha value is -2.41. The number of nitrogens with one attached hydrogen (secondary N) is 1.